The minimum atomic E-state index is -3.24. The lowest BCUT2D eigenvalue weighted by molar-refractivity contribution is -0.177. The van der Waals surface area contributed by atoms with E-state index < -0.39 is 9.84 Å². The van der Waals surface area contributed by atoms with Crippen molar-refractivity contribution in [2.24, 2.45) is 11.3 Å². The van der Waals surface area contributed by atoms with Gasteiger partial charge in [-0.05, 0) is 25.0 Å². The molecule has 0 spiro atoms. The van der Waals surface area contributed by atoms with Crippen LogP contribution in [-0.2, 0) is 14.6 Å². The molecule has 1 aliphatic heterocycles. The Morgan fingerprint density at radius 3 is 2.76 bits per heavy atom. The molecule has 2 aliphatic rings. The normalized spacial score (nSPS) is 31.1. The Labute approximate surface area is 126 Å². The number of nitrogens with zero attached hydrogens (tertiary/aromatic N) is 1. The first-order valence-electron chi connectivity index (χ1n) is 7.34. The molecule has 3 rings (SSSR count). The highest BCUT2D eigenvalue weighted by Crippen LogP contribution is 2.52. The molecular weight excluding hydrogens is 288 g/mol. The van der Waals surface area contributed by atoms with Crippen LogP contribution >= 0.6 is 0 Å². The molecule has 1 saturated carbocycles. The zero-order valence-corrected chi connectivity index (χ0v) is 13.5. The minimum absolute atomic E-state index is 0.0839. The fourth-order valence-electron chi connectivity index (χ4n) is 3.68. The number of fused-ring (bicyclic) bond motifs is 1. The van der Waals surface area contributed by atoms with E-state index in [4.69, 9.17) is 4.74 Å². The van der Waals surface area contributed by atoms with Crippen LogP contribution in [0.2, 0.25) is 0 Å². The number of pyridine rings is 1. The van der Waals surface area contributed by atoms with Crippen molar-refractivity contribution in [3.8, 4) is 0 Å². The Kier molecular flexibility index (Phi) is 3.48. The van der Waals surface area contributed by atoms with E-state index in [1.807, 2.05) is 0 Å². The van der Waals surface area contributed by atoms with E-state index in [-0.39, 0.29) is 10.4 Å². The summed E-state index contributed by atoms with van der Waals surface area (Å²) < 4.78 is 28.7. The highest BCUT2D eigenvalue weighted by atomic mass is 32.2. The summed E-state index contributed by atoms with van der Waals surface area (Å²) in [5, 5.41) is 3.62. The van der Waals surface area contributed by atoms with Gasteiger partial charge in [0.15, 0.2) is 14.9 Å². The summed E-state index contributed by atoms with van der Waals surface area (Å²) in [4.78, 5) is 4.03. The van der Waals surface area contributed by atoms with E-state index in [0.717, 1.165) is 18.7 Å². The average Bonchev–Trinajstić information content (AvgIpc) is 2.44. The zero-order chi connectivity index (χ0) is 15.3. The summed E-state index contributed by atoms with van der Waals surface area (Å²) in [5.41, 5.74) is 0.949. The number of nitrogens with one attached hydrogen (secondary N) is 1. The van der Waals surface area contributed by atoms with Crippen molar-refractivity contribution in [1.29, 1.82) is 0 Å². The molecule has 2 heterocycles. The maximum absolute atomic E-state index is 11.4. The van der Waals surface area contributed by atoms with E-state index >= 15 is 0 Å². The van der Waals surface area contributed by atoms with Gasteiger partial charge in [-0.3, -0.25) is 0 Å². The van der Waals surface area contributed by atoms with Gasteiger partial charge in [-0.2, -0.15) is 0 Å². The van der Waals surface area contributed by atoms with Gasteiger partial charge in [0.2, 0.25) is 0 Å². The standard InChI is InChI=1S/C15H22N2O3S/c1-15(2)13(11-5-4-8-20-14(11)15)17-10-6-7-12(16-9-10)21(3,18)19/h6-7,9,11,13-14,17H,4-5,8H2,1-3H3. The van der Waals surface area contributed by atoms with Crippen LogP contribution in [0.1, 0.15) is 26.7 Å². The number of hydrogen-bond donors (Lipinski definition) is 1. The molecule has 1 aromatic heterocycles. The van der Waals surface area contributed by atoms with Crippen molar-refractivity contribution < 1.29 is 13.2 Å². The summed E-state index contributed by atoms with van der Waals surface area (Å²) in [6.45, 7) is 5.30. The lowest BCUT2D eigenvalue weighted by Crippen LogP contribution is -2.67. The molecule has 0 bridgehead atoms. The fourth-order valence-corrected chi connectivity index (χ4v) is 4.24. The molecule has 3 unspecified atom stereocenters. The van der Waals surface area contributed by atoms with Crippen molar-refractivity contribution in [3.63, 3.8) is 0 Å². The van der Waals surface area contributed by atoms with Crippen LogP contribution in [0.5, 0.6) is 0 Å². The van der Waals surface area contributed by atoms with E-state index in [9.17, 15) is 8.42 Å². The van der Waals surface area contributed by atoms with Gasteiger partial charge in [-0.15, -0.1) is 0 Å². The number of aromatic nitrogens is 1. The lowest BCUT2D eigenvalue weighted by atomic mass is 9.55. The van der Waals surface area contributed by atoms with Gasteiger partial charge >= 0.3 is 0 Å². The second-order valence-corrected chi connectivity index (χ2v) is 8.66. The molecular formula is C15H22N2O3S. The summed E-state index contributed by atoms with van der Waals surface area (Å²) in [6.07, 6.45) is 5.39. The van der Waals surface area contributed by atoms with Gasteiger partial charge in [-0.1, -0.05) is 13.8 Å². The van der Waals surface area contributed by atoms with Crippen LogP contribution in [0.15, 0.2) is 23.4 Å². The number of ether oxygens (including phenoxy) is 1. The predicted octanol–water partition coefficient (Wildman–Crippen LogP) is 2.10. The molecule has 0 radical (unpaired) electrons. The predicted molar refractivity (Wildman–Crippen MR) is 81.0 cm³/mol. The smallest absolute Gasteiger partial charge is 0.192 e. The van der Waals surface area contributed by atoms with E-state index in [1.54, 1.807) is 18.3 Å². The summed E-state index contributed by atoms with van der Waals surface area (Å²) in [7, 11) is -3.24. The average molecular weight is 310 g/mol. The van der Waals surface area contributed by atoms with Crippen LogP contribution in [0, 0.1) is 11.3 Å². The topological polar surface area (TPSA) is 68.3 Å². The van der Waals surface area contributed by atoms with Crippen LogP contribution in [0.25, 0.3) is 0 Å². The molecule has 2 fully saturated rings. The largest absolute Gasteiger partial charge is 0.380 e. The Hall–Kier alpha value is -1.14. The summed E-state index contributed by atoms with van der Waals surface area (Å²) >= 11 is 0. The first-order chi connectivity index (χ1) is 9.80. The zero-order valence-electron chi connectivity index (χ0n) is 12.7. The highest BCUT2D eigenvalue weighted by Gasteiger charge is 2.57. The number of anilines is 1. The molecule has 1 saturated heterocycles. The van der Waals surface area contributed by atoms with Crippen molar-refractivity contribution in [3.05, 3.63) is 18.3 Å². The maximum atomic E-state index is 11.4. The quantitative estimate of drug-likeness (QED) is 0.926. The number of rotatable bonds is 3. The van der Waals surface area contributed by atoms with Crippen molar-refractivity contribution in [2.75, 3.05) is 18.2 Å². The van der Waals surface area contributed by atoms with Crippen molar-refractivity contribution in [1.82, 2.24) is 4.98 Å². The molecule has 5 nitrogen and oxygen atoms in total. The molecule has 1 N–H and O–H groups in total. The molecule has 21 heavy (non-hydrogen) atoms. The Bertz CT molecular complexity index is 625. The van der Waals surface area contributed by atoms with Crippen LogP contribution in [0.4, 0.5) is 5.69 Å². The fraction of sp³-hybridized carbons (Fsp3) is 0.667. The molecule has 0 aromatic carbocycles. The van der Waals surface area contributed by atoms with Crippen LogP contribution in [0.3, 0.4) is 0 Å². The molecule has 3 atom stereocenters. The highest BCUT2D eigenvalue weighted by molar-refractivity contribution is 7.90. The van der Waals surface area contributed by atoms with Crippen LogP contribution < -0.4 is 5.32 Å². The second-order valence-electron chi connectivity index (χ2n) is 6.70. The molecule has 116 valence electrons. The number of hydrogen-bond acceptors (Lipinski definition) is 5. The summed E-state index contributed by atoms with van der Waals surface area (Å²) in [5.74, 6) is 0.531. The number of sulfone groups is 1. The maximum Gasteiger partial charge on any atom is 0.192 e. The Morgan fingerprint density at radius 1 is 1.38 bits per heavy atom. The third kappa shape index (κ3) is 2.55. The van der Waals surface area contributed by atoms with Gasteiger partial charge in [0.05, 0.1) is 18.0 Å². The molecule has 6 heteroatoms. The molecule has 0 amide bonds. The first-order valence-corrected chi connectivity index (χ1v) is 9.23. The van der Waals surface area contributed by atoms with Crippen molar-refractivity contribution >= 4 is 15.5 Å². The Morgan fingerprint density at radius 2 is 2.14 bits per heavy atom. The summed E-state index contributed by atoms with van der Waals surface area (Å²) in [6, 6.07) is 3.68. The third-order valence-corrected chi connectivity index (χ3v) is 5.77. The Balaban J connectivity index is 1.75. The van der Waals surface area contributed by atoms with Crippen LogP contribution in [-0.4, -0.2) is 38.4 Å². The monoisotopic (exact) mass is 310 g/mol. The van der Waals surface area contributed by atoms with Gasteiger partial charge in [-0.25, -0.2) is 13.4 Å². The van der Waals surface area contributed by atoms with E-state index in [1.165, 1.54) is 12.7 Å². The first kappa shape index (κ1) is 14.8. The second kappa shape index (κ2) is 4.95. The minimum Gasteiger partial charge on any atom is -0.380 e. The van der Waals surface area contributed by atoms with Gasteiger partial charge in [0, 0.05) is 30.2 Å². The van der Waals surface area contributed by atoms with Gasteiger partial charge in [0.1, 0.15) is 0 Å². The van der Waals surface area contributed by atoms with E-state index in [2.05, 4.69) is 24.1 Å². The lowest BCUT2D eigenvalue weighted by Gasteiger charge is -2.60. The van der Waals surface area contributed by atoms with E-state index in [0.29, 0.717) is 18.1 Å². The molecule has 1 aliphatic carbocycles. The van der Waals surface area contributed by atoms with Gasteiger partial charge in [0.25, 0.3) is 0 Å². The SMILES string of the molecule is CC1(C)C(Nc2ccc(S(C)(=O)=O)nc2)C2CCCOC21. The van der Waals surface area contributed by atoms with Gasteiger partial charge < -0.3 is 10.1 Å². The van der Waals surface area contributed by atoms with Crippen molar-refractivity contribution in [2.45, 2.75) is 43.9 Å². The molecule has 1 aromatic rings. The third-order valence-electron chi connectivity index (χ3n) is 4.77.